The highest BCUT2D eigenvalue weighted by Crippen LogP contribution is 2.40. The van der Waals surface area contributed by atoms with Gasteiger partial charge in [-0.25, -0.2) is 0 Å². The average Bonchev–Trinajstić information content (AvgIpc) is 2.48. The van der Waals surface area contributed by atoms with Gasteiger partial charge in [0.15, 0.2) is 0 Å². The molecule has 0 bridgehead atoms. The highest BCUT2D eigenvalue weighted by molar-refractivity contribution is 5.15. The summed E-state index contributed by atoms with van der Waals surface area (Å²) in [6, 6.07) is 5.25. The van der Waals surface area contributed by atoms with E-state index in [-0.39, 0.29) is 0 Å². The Hall–Kier alpha value is -0.720. The zero-order chi connectivity index (χ0) is 11.1. The maximum atomic E-state index is 2.54. The molecule has 0 spiro atoms. The van der Waals surface area contributed by atoms with Gasteiger partial charge in [-0.2, -0.15) is 0 Å². The Morgan fingerprint density at radius 3 is 2.00 bits per heavy atom. The minimum Gasteiger partial charge on any atom is -0.346 e. The second-order valence-electron chi connectivity index (χ2n) is 5.88. The van der Waals surface area contributed by atoms with Crippen molar-refractivity contribution in [3.8, 4) is 0 Å². The predicted octanol–water partition coefficient (Wildman–Crippen LogP) is 4.25. The lowest BCUT2D eigenvalue weighted by molar-refractivity contribution is 0.191. The van der Waals surface area contributed by atoms with Crippen molar-refractivity contribution in [2.75, 3.05) is 0 Å². The number of aryl methyl sites for hydroxylation is 2. The summed E-state index contributed by atoms with van der Waals surface area (Å²) in [5, 5.41) is 0. The summed E-state index contributed by atoms with van der Waals surface area (Å²) >= 11 is 0. The first kappa shape index (κ1) is 10.8. The maximum Gasteiger partial charge on any atom is 0.0336 e. The van der Waals surface area contributed by atoms with Crippen LogP contribution in [0.25, 0.3) is 0 Å². The zero-order valence-corrected chi connectivity index (χ0v) is 10.5. The Morgan fingerprint density at radius 1 is 1.07 bits per heavy atom. The van der Waals surface area contributed by atoms with Gasteiger partial charge in [0.2, 0.25) is 0 Å². The quantitative estimate of drug-likeness (QED) is 0.646. The topological polar surface area (TPSA) is 4.93 Å². The third kappa shape index (κ3) is 2.11. The fourth-order valence-corrected chi connectivity index (χ4v) is 2.90. The van der Waals surface area contributed by atoms with Gasteiger partial charge < -0.3 is 4.57 Å². The van der Waals surface area contributed by atoms with Crippen molar-refractivity contribution in [2.24, 2.45) is 5.41 Å². The molecule has 1 aromatic heterocycles. The normalized spacial score (nSPS) is 21.9. The third-order valence-corrected chi connectivity index (χ3v) is 4.00. The van der Waals surface area contributed by atoms with E-state index in [1.807, 2.05) is 0 Å². The zero-order valence-electron chi connectivity index (χ0n) is 10.5. The molecule has 0 unspecified atom stereocenters. The minimum atomic E-state index is 0.575. The fraction of sp³-hybridized carbons (Fsp3) is 0.714. The summed E-state index contributed by atoms with van der Waals surface area (Å²) < 4.78 is 2.54. The lowest BCUT2D eigenvalue weighted by Crippen LogP contribution is -2.24. The van der Waals surface area contributed by atoms with Gasteiger partial charge in [0.1, 0.15) is 0 Å². The summed E-state index contributed by atoms with van der Waals surface area (Å²) in [6.45, 7) is 9.26. The number of aromatic nitrogens is 1. The van der Waals surface area contributed by atoms with Crippen LogP contribution in [0.2, 0.25) is 0 Å². The lowest BCUT2D eigenvalue weighted by atomic mass is 9.75. The van der Waals surface area contributed by atoms with Gasteiger partial charge in [-0.1, -0.05) is 13.8 Å². The van der Waals surface area contributed by atoms with Crippen molar-refractivity contribution in [3.05, 3.63) is 23.5 Å². The fourth-order valence-electron chi connectivity index (χ4n) is 2.90. The predicted molar refractivity (Wildman–Crippen MR) is 65.2 cm³/mol. The van der Waals surface area contributed by atoms with Crippen LogP contribution < -0.4 is 0 Å². The standard InChI is InChI=1S/C14H23N/c1-11-5-6-12(2)15(11)13-7-9-14(3,4)10-8-13/h5-6,13H,7-10H2,1-4H3. The van der Waals surface area contributed by atoms with Crippen LogP contribution in [-0.4, -0.2) is 4.57 Å². The second-order valence-corrected chi connectivity index (χ2v) is 5.88. The van der Waals surface area contributed by atoms with Gasteiger partial charge in [0, 0.05) is 17.4 Å². The van der Waals surface area contributed by atoms with Crippen LogP contribution in [0.3, 0.4) is 0 Å². The van der Waals surface area contributed by atoms with Gasteiger partial charge in [-0.05, 0) is 57.1 Å². The van der Waals surface area contributed by atoms with E-state index >= 15 is 0 Å². The molecule has 0 radical (unpaired) electrons. The highest BCUT2D eigenvalue weighted by atomic mass is 15.0. The molecule has 15 heavy (non-hydrogen) atoms. The molecule has 0 aromatic carbocycles. The maximum absolute atomic E-state index is 2.54. The Balaban J connectivity index is 2.14. The van der Waals surface area contributed by atoms with Gasteiger partial charge in [0.25, 0.3) is 0 Å². The van der Waals surface area contributed by atoms with Crippen molar-refractivity contribution in [1.29, 1.82) is 0 Å². The number of rotatable bonds is 1. The molecule has 2 rings (SSSR count). The van der Waals surface area contributed by atoms with E-state index in [9.17, 15) is 0 Å². The van der Waals surface area contributed by atoms with Crippen LogP contribution in [0.15, 0.2) is 12.1 Å². The number of hydrogen-bond donors (Lipinski definition) is 0. The molecular weight excluding hydrogens is 182 g/mol. The molecule has 1 fully saturated rings. The van der Waals surface area contributed by atoms with Crippen molar-refractivity contribution >= 4 is 0 Å². The first-order chi connectivity index (χ1) is 6.99. The van der Waals surface area contributed by atoms with E-state index < -0.39 is 0 Å². The smallest absolute Gasteiger partial charge is 0.0336 e. The molecule has 0 aliphatic heterocycles. The summed E-state index contributed by atoms with van der Waals surface area (Å²) in [4.78, 5) is 0. The highest BCUT2D eigenvalue weighted by Gasteiger charge is 2.28. The van der Waals surface area contributed by atoms with Crippen LogP contribution in [0.1, 0.15) is 57.0 Å². The Morgan fingerprint density at radius 2 is 1.53 bits per heavy atom. The van der Waals surface area contributed by atoms with Gasteiger partial charge >= 0.3 is 0 Å². The van der Waals surface area contributed by atoms with Crippen LogP contribution in [-0.2, 0) is 0 Å². The Labute approximate surface area is 93.5 Å². The van der Waals surface area contributed by atoms with E-state index in [1.54, 1.807) is 0 Å². The average molecular weight is 205 g/mol. The van der Waals surface area contributed by atoms with Crippen molar-refractivity contribution in [1.82, 2.24) is 4.57 Å². The van der Waals surface area contributed by atoms with Gasteiger partial charge in [0.05, 0.1) is 0 Å². The SMILES string of the molecule is Cc1ccc(C)n1C1CCC(C)(C)CC1. The van der Waals surface area contributed by atoms with E-state index in [0.717, 1.165) is 6.04 Å². The van der Waals surface area contributed by atoms with Gasteiger partial charge in [-0.15, -0.1) is 0 Å². The number of nitrogens with zero attached hydrogens (tertiary/aromatic N) is 1. The summed E-state index contributed by atoms with van der Waals surface area (Å²) in [5.41, 5.74) is 3.43. The second kappa shape index (κ2) is 3.70. The molecule has 84 valence electrons. The molecule has 0 amide bonds. The third-order valence-electron chi connectivity index (χ3n) is 4.00. The van der Waals surface area contributed by atoms with E-state index in [1.165, 1.54) is 37.1 Å². The van der Waals surface area contributed by atoms with Crippen LogP contribution in [0, 0.1) is 19.3 Å². The van der Waals surface area contributed by atoms with Crippen molar-refractivity contribution in [2.45, 2.75) is 59.4 Å². The van der Waals surface area contributed by atoms with Crippen LogP contribution in [0.4, 0.5) is 0 Å². The van der Waals surface area contributed by atoms with Crippen LogP contribution in [0.5, 0.6) is 0 Å². The van der Waals surface area contributed by atoms with E-state index in [2.05, 4.69) is 44.4 Å². The molecule has 1 aromatic rings. The molecule has 0 N–H and O–H groups in total. The van der Waals surface area contributed by atoms with Crippen molar-refractivity contribution in [3.63, 3.8) is 0 Å². The molecule has 1 aliphatic carbocycles. The summed E-state index contributed by atoms with van der Waals surface area (Å²) in [6.07, 6.45) is 5.44. The molecule has 1 saturated carbocycles. The molecule has 0 atom stereocenters. The van der Waals surface area contributed by atoms with E-state index in [0.29, 0.717) is 5.41 Å². The largest absolute Gasteiger partial charge is 0.346 e. The monoisotopic (exact) mass is 205 g/mol. The summed E-state index contributed by atoms with van der Waals surface area (Å²) in [7, 11) is 0. The molecule has 1 heteroatoms. The molecular formula is C14H23N. The minimum absolute atomic E-state index is 0.575. The van der Waals surface area contributed by atoms with E-state index in [4.69, 9.17) is 0 Å². The lowest BCUT2D eigenvalue weighted by Gasteiger charge is -2.36. The first-order valence-corrected chi connectivity index (χ1v) is 6.14. The molecule has 1 heterocycles. The first-order valence-electron chi connectivity index (χ1n) is 6.14. The molecule has 1 aliphatic rings. The van der Waals surface area contributed by atoms with Gasteiger partial charge in [-0.3, -0.25) is 0 Å². The molecule has 0 saturated heterocycles. The summed E-state index contributed by atoms with van der Waals surface area (Å²) in [5.74, 6) is 0. The van der Waals surface area contributed by atoms with Crippen molar-refractivity contribution < 1.29 is 0 Å². The Kier molecular flexibility index (Phi) is 2.66. The van der Waals surface area contributed by atoms with Crippen LogP contribution >= 0.6 is 0 Å². The Bertz CT molecular complexity index is 317. The molecule has 1 nitrogen and oxygen atoms in total. The number of hydrogen-bond acceptors (Lipinski definition) is 0.